The summed E-state index contributed by atoms with van der Waals surface area (Å²) < 4.78 is 0. The van der Waals surface area contributed by atoms with Gasteiger partial charge in [-0.3, -0.25) is 4.98 Å². The first-order valence-corrected chi connectivity index (χ1v) is 8.09. The van der Waals surface area contributed by atoms with Crippen LogP contribution in [0.5, 0.6) is 0 Å². The molecule has 0 amide bonds. The number of rotatable bonds is 5. The minimum Gasteiger partial charge on any atom is -0.313 e. The van der Waals surface area contributed by atoms with Crippen LogP contribution in [-0.2, 0) is 18.4 Å². The number of hydrogen-bond acceptors (Lipinski definition) is 2. The summed E-state index contributed by atoms with van der Waals surface area (Å²) in [5.41, 5.74) is 5.12. The molecular formula is C19H28N2. The van der Waals surface area contributed by atoms with Crippen LogP contribution in [0, 0.1) is 0 Å². The minimum atomic E-state index is 0.0805. The van der Waals surface area contributed by atoms with Gasteiger partial charge in [0.2, 0.25) is 0 Å². The average molecular weight is 284 g/mol. The highest BCUT2D eigenvalue weighted by Crippen LogP contribution is 2.27. The van der Waals surface area contributed by atoms with Crippen molar-refractivity contribution in [3.8, 4) is 0 Å². The SMILES string of the molecule is CCCNCc1cc(C(C)(C)C)nc2ccc(CC)cc12. The molecule has 0 aliphatic carbocycles. The van der Waals surface area contributed by atoms with Crippen molar-refractivity contribution in [1.82, 2.24) is 10.3 Å². The molecule has 1 heterocycles. The molecule has 0 unspecified atom stereocenters. The summed E-state index contributed by atoms with van der Waals surface area (Å²) in [5.74, 6) is 0. The largest absolute Gasteiger partial charge is 0.313 e. The van der Waals surface area contributed by atoms with E-state index in [-0.39, 0.29) is 5.41 Å². The fraction of sp³-hybridized carbons (Fsp3) is 0.526. The maximum atomic E-state index is 4.88. The van der Waals surface area contributed by atoms with E-state index in [4.69, 9.17) is 4.98 Å². The number of benzene rings is 1. The zero-order chi connectivity index (χ0) is 15.5. The topological polar surface area (TPSA) is 24.9 Å². The number of fused-ring (bicyclic) bond motifs is 1. The molecule has 2 heteroatoms. The van der Waals surface area contributed by atoms with E-state index in [0.29, 0.717) is 0 Å². The van der Waals surface area contributed by atoms with Gasteiger partial charge in [0, 0.05) is 23.0 Å². The van der Waals surface area contributed by atoms with Crippen LogP contribution in [0.2, 0.25) is 0 Å². The molecule has 0 aliphatic heterocycles. The third-order valence-corrected chi connectivity index (χ3v) is 3.88. The smallest absolute Gasteiger partial charge is 0.0709 e. The van der Waals surface area contributed by atoms with Crippen molar-refractivity contribution in [3.05, 3.63) is 41.1 Å². The fourth-order valence-electron chi connectivity index (χ4n) is 2.49. The second-order valence-corrected chi connectivity index (χ2v) is 6.80. The third kappa shape index (κ3) is 3.82. The van der Waals surface area contributed by atoms with Crippen molar-refractivity contribution >= 4 is 10.9 Å². The Bertz CT molecular complexity index is 609. The lowest BCUT2D eigenvalue weighted by molar-refractivity contribution is 0.569. The highest BCUT2D eigenvalue weighted by molar-refractivity contribution is 5.83. The number of nitrogens with zero attached hydrogens (tertiary/aromatic N) is 1. The maximum absolute atomic E-state index is 4.88. The predicted molar refractivity (Wildman–Crippen MR) is 91.8 cm³/mol. The van der Waals surface area contributed by atoms with E-state index >= 15 is 0 Å². The lowest BCUT2D eigenvalue weighted by Crippen LogP contribution is -2.18. The maximum Gasteiger partial charge on any atom is 0.0709 e. The van der Waals surface area contributed by atoms with Gasteiger partial charge in [-0.15, -0.1) is 0 Å². The van der Waals surface area contributed by atoms with Crippen molar-refractivity contribution in [3.63, 3.8) is 0 Å². The summed E-state index contributed by atoms with van der Waals surface area (Å²) in [4.78, 5) is 4.88. The summed E-state index contributed by atoms with van der Waals surface area (Å²) in [6, 6.07) is 8.96. The number of aryl methyl sites for hydroxylation is 1. The van der Waals surface area contributed by atoms with Crippen LogP contribution in [0.4, 0.5) is 0 Å². The van der Waals surface area contributed by atoms with Gasteiger partial charge in [0.15, 0.2) is 0 Å². The van der Waals surface area contributed by atoms with Gasteiger partial charge < -0.3 is 5.32 Å². The van der Waals surface area contributed by atoms with E-state index in [9.17, 15) is 0 Å². The standard InChI is InChI=1S/C19H28N2/c1-6-10-20-13-15-12-18(19(3,4)5)21-17-9-8-14(7-2)11-16(15)17/h8-9,11-12,20H,6-7,10,13H2,1-5H3. The summed E-state index contributed by atoms with van der Waals surface area (Å²) in [5, 5.41) is 4.83. The van der Waals surface area contributed by atoms with Crippen molar-refractivity contribution in [1.29, 1.82) is 0 Å². The van der Waals surface area contributed by atoms with E-state index in [2.05, 4.69) is 64.2 Å². The highest BCUT2D eigenvalue weighted by Gasteiger charge is 2.17. The number of aromatic nitrogens is 1. The number of nitrogens with one attached hydrogen (secondary N) is 1. The Morgan fingerprint density at radius 3 is 2.48 bits per heavy atom. The first-order chi connectivity index (χ1) is 9.95. The Morgan fingerprint density at radius 2 is 1.86 bits per heavy atom. The first-order valence-electron chi connectivity index (χ1n) is 8.09. The summed E-state index contributed by atoms with van der Waals surface area (Å²) >= 11 is 0. The van der Waals surface area contributed by atoms with Crippen molar-refractivity contribution in [2.24, 2.45) is 0 Å². The van der Waals surface area contributed by atoms with Gasteiger partial charge in [0.05, 0.1) is 5.52 Å². The Labute approximate surface area is 129 Å². The summed E-state index contributed by atoms with van der Waals surface area (Å²) in [6.07, 6.45) is 2.23. The molecule has 2 rings (SSSR count). The molecule has 0 fully saturated rings. The van der Waals surface area contributed by atoms with Crippen molar-refractivity contribution in [2.45, 2.75) is 59.4 Å². The van der Waals surface area contributed by atoms with Gasteiger partial charge in [-0.1, -0.05) is 40.7 Å². The molecule has 0 radical (unpaired) electrons. The molecule has 0 spiro atoms. The quantitative estimate of drug-likeness (QED) is 0.812. The Morgan fingerprint density at radius 1 is 1.10 bits per heavy atom. The van der Waals surface area contributed by atoms with Gasteiger partial charge in [0.1, 0.15) is 0 Å². The minimum absolute atomic E-state index is 0.0805. The van der Waals surface area contributed by atoms with Gasteiger partial charge in [-0.25, -0.2) is 0 Å². The van der Waals surface area contributed by atoms with Gasteiger partial charge >= 0.3 is 0 Å². The fourth-order valence-corrected chi connectivity index (χ4v) is 2.49. The monoisotopic (exact) mass is 284 g/mol. The van der Waals surface area contributed by atoms with E-state index in [1.807, 2.05) is 0 Å². The van der Waals surface area contributed by atoms with Crippen LogP contribution in [0.3, 0.4) is 0 Å². The molecule has 1 N–H and O–H groups in total. The van der Waals surface area contributed by atoms with E-state index in [1.165, 1.54) is 22.2 Å². The molecule has 2 nitrogen and oxygen atoms in total. The van der Waals surface area contributed by atoms with Crippen LogP contribution in [0.1, 0.15) is 57.9 Å². The zero-order valence-electron chi connectivity index (χ0n) is 14.1. The molecular weight excluding hydrogens is 256 g/mol. The number of hydrogen-bond donors (Lipinski definition) is 1. The molecule has 0 saturated carbocycles. The van der Waals surface area contributed by atoms with Crippen LogP contribution in [0.15, 0.2) is 24.3 Å². The van der Waals surface area contributed by atoms with E-state index in [0.717, 1.165) is 31.4 Å². The van der Waals surface area contributed by atoms with Crippen LogP contribution >= 0.6 is 0 Å². The second kappa shape index (κ2) is 6.57. The van der Waals surface area contributed by atoms with Gasteiger partial charge in [-0.05, 0) is 48.7 Å². The first kappa shape index (κ1) is 16.0. The Kier molecular flexibility index (Phi) is 5.00. The Balaban J connectivity index is 2.52. The molecule has 1 aromatic carbocycles. The second-order valence-electron chi connectivity index (χ2n) is 6.80. The van der Waals surface area contributed by atoms with E-state index < -0.39 is 0 Å². The predicted octanol–water partition coefficient (Wildman–Crippen LogP) is 4.59. The normalized spacial score (nSPS) is 12.0. The molecule has 114 valence electrons. The van der Waals surface area contributed by atoms with Crippen LogP contribution < -0.4 is 5.32 Å². The molecule has 0 atom stereocenters. The molecule has 0 aliphatic rings. The zero-order valence-corrected chi connectivity index (χ0v) is 14.1. The lowest BCUT2D eigenvalue weighted by atomic mass is 9.89. The molecule has 1 aromatic heterocycles. The molecule has 21 heavy (non-hydrogen) atoms. The summed E-state index contributed by atoms with van der Waals surface area (Å²) in [7, 11) is 0. The van der Waals surface area contributed by atoms with Crippen molar-refractivity contribution in [2.75, 3.05) is 6.54 Å². The molecule has 2 aromatic rings. The average Bonchev–Trinajstić information content (AvgIpc) is 2.45. The lowest BCUT2D eigenvalue weighted by Gasteiger charge is -2.20. The summed E-state index contributed by atoms with van der Waals surface area (Å²) in [6.45, 7) is 13.1. The van der Waals surface area contributed by atoms with Crippen molar-refractivity contribution < 1.29 is 0 Å². The van der Waals surface area contributed by atoms with Crippen LogP contribution in [-0.4, -0.2) is 11.5 Å². The number of pyridine rings is 1. The third-order valence-electron chi connectivity index (χ3n) is 3.88. The Hall–Kier alpha value is -1.41. The van der Waals surface area contributed by atoms with Crippen LogP contribution in [0.25, 0.3) is 10.9 Å². The molecule has 0 bridgehead atoms. The van der Waals surface area contributed by atoms with Gasteiger partial charge in [-0.2, -0.15) is 0 Å². The van der Waals surface area contributed by atoms with E-state index in [1.54, 1.807) is 0 Å². The highest BCUT2D eigenvalue weighted by atomic mass is 14.8. The molecule has 0 saturated heterocycles. The van der Waals surface area contributed by atoms with Gasteiger partial charge in [0.25, 0.3) is 0 Å².